The Morgan fingerprint density at radius 3 is 2.17 bits per heavy atom. The zero-order chi connectivity index (χ0) is 20.4. The number of amides is 2. The molecule has 2 aromatic rings. The standard InChI is InChI=1S/C22H24N4O3/c1-2-26-20(27)15-19(22(26)29)25-13-11-24(12-14-25)18-5-3-16(4-6-18)21(28)17-7-9-23-10-8-17/h3-10,19H,2,11-15H2,1H3/t19-/m0/s1. The minimum Gasteiger partial charge on any atom is -0.369 e. The fourth-order valence-electron chi connectivity index (χ4n) is 4.07. The molecule has 0 radical (unpaired) electrons. The Morgan fingerprint density at radius 1 is 0.966 bits per heavy atom. The summed E-state index contributed by atoms with van der Waals surface area (Å²) < 4.78 is 0. The molecule has 1 aromatic heterocycles. The smallest absolute Gasteiger partial charge is 0.247 e. The zero-order valence-electron chi connectivity index (χ0n) is 16.5. The number of ketones is 1. The Hall–Kier alpha value is -3.06. The monoisotopic (exact) mass is 392 g/mol. The second kappa shape index (κ2) is 8.13. The van der Waals surface area contributed by atoms with E-state index < -0.39 is 0 Å². The summed E-state index contributed by atoms with van der Waals surface area (Å²) in [5.74, 6) is -0.155. The van der Waals surface area contributed by atoms with Gasteiger partial charge in [-0.2, -0.15) is 0 Å². The van der Waals surface area contributed by atoms with Crippen LogP contribution in [0.25, 0.3) is 0 Å². The van der Waals surface area contributed by atoms with Crippen LogP contribution in [0.2, 0.25) is 0 Å². The topological polar surface area (TPSA) is 73.8 Å². The average molecular weight is 392 g/mol. The highest BCUT2D eigenvalue weighted by atomic mass is 16.2. The SMILES string of the molecule is CCN1C(=O)C[C@H](N2CCN(c3ccc(C(=O)c4ccncc4)cc3)CC2)C1=O. The number of piperazine rings is 1. The molecule has 4 rings (SSSR count). The number of carbonyl (C=O) groups is 3. The Bertz CT molecular complexity index is 905. The third-order valence-corrected chi connectivity index (χ3v) is 5.73. The van der Waals surface area contributed by atoms with E-state index in [1.165, 1.54) is 4.90 Å². The highest BCUT2D eigenvalue weighted by Gasteiger charge is 2.41. The molecule has 7 heteroatoms. The molecule has 0 bridgehead atoms. The third-order valence-electron chi connectivity index (χ3n) is 5.73. The Morgan fingerprint density at radius 2 is 1.59 bits per heavy atom. The Balaban J connectivity index is 1.37. The fraction of sp³-hybridized carbons (Fsp3) is 0.364. The van der Waals surface area contributed by atoms with E-state index in [0.29, 0.717) is 24.1 Å². The number of aromatic nitrogens is 1. The predicted octanol–water partition coefficient (Wildman–Crippen LogP) is 1.58. The van der Waals surface area contributed by atoms with E-state index in [1.54, 1.807) is 24.5 Å². The molecule has 0 spiro atoms. The molecule has 0 aliphatic carbocycles. The minimum absolute atomic E-state index is 0.0198. The van der Waals surface area contributed by atoms with Crippen molar-refractivity contribution < 1.29 is 14.4 Å². The number of rotatable bonds is 5. The molecule has 2 saturated heterocycles. The van der Waals surface area contributed by atoms with E-state index in [9.17, 15) is 14.4 Å². The van der Waals surface area contributed by atoms with Crippen molar-refractivity contribution in [1.29, 1.82) is 0 Å². The van der Waals surface area contributed by atoms with E-state index in [-0.39, 0.29) is 23.6 Å². The lowest BCUT2D eigenvalue weighted by Crippen LogP contribution is -2.52. The van der Waals surface area contributed by atoms with Gasteiger partial charge in [-0.25, -0.2) is 0 Å². The maximum absolute atomic E-state index is 12.5. The molecule has 0 saturated carbocycles. The molecule has 0 unspecified atom stereocenters. The average Bonchev–Trinajstić information content (AvgIpc) is 3.07. The number of likely N-dealkylation sites (N-methyl/N-ethyl adjacent to an activating group) is 1. The van der Waals surface area contributed by atoms with Gasteiger partial charge in [0.05, 0.1) is 12.5 Å². The van der Waals surface area contributed by atoms with Gasteiger partial charge in [0.1, 0.15) is 0 Å². The molecule has 2 aliphatic heterocycles. The van der Waals surface area contributed by atoms with Gasteiger partial charge in [-0.05, 0) is 43.3 Å². The summed E-state index contributed by atoms with van der Waals surface area (Å²) in [5.41, 5.74) is 2.33. The maximum Gasteiger partial charge on any atom is 0.247 e. The number of anilines is 1. The molecule has 2 aliphatic rings. The number of nitrogens with zero attached hydrogens (tertiary/aromatic N) is 4. The quantitative estimate of drug-likeness (QED) is 0.568. The Kier molecular flexibility index (Phi) is 5.40. The van der Waals surface area contributed by atoms with Crippen molar-refractivity contribution in [3.05, 3.63) is 59.9 Å². The predicted molar refractivity (Wildman–Crippen MR) is 109 cm³/mol. The summed E-state index contributed by atoms with van der Waals surface area (Å²) in [4.78, 5) is 46.6. The number of pyridine rings is 1. The first kappa shape index (κ1) is 19.3. The molecule has 0 N–H and O–H groups in total. The molecular formula is C22H24N4O3. The van der Waals surface area contributed by atoms with Crippen LogP contribution >= 0.6 is 0 Å². The molecular weight excluding hydrogens is 368 g/mol. The van der Waals surface area contributed by atoms with Crippen molar-refractivity contribution in [3.63, 3.8) is 0 Å². The van der Waals surface area contributed by atoms with Crippen LogP contribution in [0.15, 0.2) is 48.8 Å². The van der Waals surface area contributed by atoms with Crippen LogP contribution in [0.4, 0.5) is 5.69 Å². The number of carbonyl (C=O) groups excluding carboxylic acids is 3. The minimum atomic E-state index is -0.315. The van der Waals surface area contributed by atoms with Crippen molar-refractivity contribution in [3.8, 4) is 0 Å². The van der Waals surface area contributed by atoms with Crippen LogP contribution in [0, 0.1) is 0 Å². The van der Waals surface area contributed by atoms with Crippen LogP contribution in [-0.2, 0) is 9.59 Å². The van der Waals surface area contributed by atoms with Gasteiger partial charge < -0.3 is 4.90 Å². The van der Waals surface area contributed by atoms with Gasteiger partial charge in [0.2, 0.25) is 11.8 Å². The number of hydrogen-bond acceptors (Lipinski definition) is 6. The molecule has 3 heterocycles. The number of likely N-dealkylation sites (tertiary alicyclic amines) is 1. The second-order valence-corrected chi connectivity index (χ2v) is 7.33. The van der Waals surface area contributed by atoms with Crippen LogP contribution in [0.5, 0.6) is 0 Å². The van der Waals surface area contributed by atoms with Crippen molar-refractivity contribution in [2.24, 2.45) is 0 Å². The molecule has 2 amide bonds. The summed E-state index contributed by atoms with van der Waals surface area (Å²) in [6, 6.07) is 10.7. The van der Waals surface area contributed by atoms with E-state index >= 15 is 0 Å². The van der Waals surface area contributed by atoms with Gasteiger partial charge in [0.15, 0.2) is 5.78 Å². The van der Waals surface area contributed by atoms with Crippen LogP contribution in [-0.4, -0.2) is 71.1 Å². The molecule has 150 valence electrons. The van der Waals surface area contributed by atoms with Crippen LogP contribution in [0.3, 0.4) is 0 Å². The van der Waals surface area contributed by atoms with Gasteiger partial charge in [-0.3, -0.25) is 29.2 Å². The van der Waals surface area contributed by atoms with Crippen molar-refractivity contribution in [2.45, 2.75) is 19.4 Å². The van der Waals surface area contributed by atoms with E-state index in [2.05, 4.69) is 14.8 Å². The highest BCUT2D eigenvalue weighted by Crippen LogP contribution is 2.23. The number of imide groups is 1. The van der Waals surface area contributed by atoms with Crippen molar-refractivity contribution >= 4 is 23.3 Å². The number of hydrogen-bond donors (Lipinski definition) is 0. The molecule has 7 nitrogen and oxygen atoms in total. The Labute approximate surface area is 169 Å². The van der Waals surface area contributed by atoms with E-state index in [1.807, 2.05) is 31.2 Å². The van der Waals surface area contributed by atoms with Gasteiger partial charge >= 0.3 is 0 Å². The molecule has 2 fully saturated rings. The lowest BCUT2D eigenvalue weighted by molar-refractivity contribution is -0.139. The summed E-state index contributed by atoms with van der Waals surface area (Å²) in [5, 5.41) is 0. The molecule has 1 aromatic carbocycles. The second-order valence-electron chi connectivity index (χ2n) is 7.33. The van der Waals surface area contributed by atoms with Gasteiger partial charge in [-0.1, -0.05) is 0 Å². The molecule has 1 atom stereocenters. The lowest BCUT2D eigenvalue weighted by Gasteiger charge is -2.38. The zero-order valence-corrected chi connectivity index (χ0v) is 16.5. The maximum atomic E-state index is 12.5. The van der Waals surface area contributed by atoms with E-state index in [0.717, 1.165) is 31.9 Å². The van der Waals surface area contributed by atoms with Gasteiger partial charge in [0, 0.05) is 61.9 Å². The van der Waals surface area contributed by atoms with Crippen molar-refractivity contribution in [1.82, 2.24) is 14.8 Å². The summed E-state index contributed by atoms with van der Waals surface area (Å²) in [6.07, 6.45) is 3.52. The highest BCUT2D eigenvalue weighted by molar-refractivity contribution is 6.09. The first-order chi connectivity index (χ1) is 14.1. The summed E-state index contributed by atoms with van der Waals surface area (Å²) in [6.45, 7) is 5.30. The normalized spacial score (nSPS) is 20.4. The third kappa shape index (κ3) is 3.78. The molecule has 29 heavy (non-hydrogen) atoms. The number of benzene rings is 1. The van der Waals surface area contributed by atoms with Gasteiger partial charge in [0.25, 0.3) is 0 Å². The van der Waals surface area contributed by atoms with Gasteiger partial charge in [-0.15, -0.1) is 0 Å². The lowest BCUT2D eigenvalue weighted by atomic mass is 10.0. The van der Waals surface area contributed by atoms with Crippen LogP contribution in [0.1, 0.15) is 29.3 Å². The largest absolute Gasteiger partial charge is 0.369 e. The summed E-state index contributed by atoms with van der Waals surface area (Å²) in [7, 11) is 0. The first-order valence-electron chi connectivity index (χ1n) is 9.96. The van der Waals surface area contributed by atoms with Crippen molar-refractivity contribution in [2.75, 3.05) is 37.6 Å². The fourth-order valence-corrected chi connectivity index (χ4v) is 4.07. The van der Waals surface area contributed by atoms with E-state index in [4.69, 9.17) is 0 Å². The first-order valence-corrected chi connectivity index (χ1v) is 9.96. The summed E-state index contributed by atoms with van der Waals surface area (Å²) >= 11 is 0. The van der Waals surface area contributed by atoms with Crippen LogP contribution < -0.4 is 4.90 Å².